The van der Waals surface area contributed by atoms with Crippen LogP contribution in [0.5, 0.6) is 0 Å². The van der Waals surface area contributed by atoms with Crippen molar-refractivity contribution in [1.29, 1.82) is 0 Å². The van der Waals surface area contributed by atoms with E-state index in [1.165, 1.54) is 17.1 Å². The number of hydrogen-bond donors (Lipinski definition) is 1. The first-order valence-corrected chi connectivity index (χ1v) is 6.36. The number of benzene rings is 1. The van der Waals surface area contributed by atoms with Crippen LogP contribution in [0.1, 0.15) is 25.5 Å². The van der Waals surface area contributed by atoms with Gasteiger partial charge in [-0.15, -0.1) is 0 Å². The highest BCUT2D eigenvalue weighted by molar-refractivity contribution is 7.99. The molecule has 0 amide bonds. The van der Waals surface area contributed by atoms with Crippen molar-refractivity contribution >= 4 is 11.8 Å². The average Bonchev–Trinajstić information content (AvgIpc) is 2.25. The lowest BCUT2D eigenvalue weighted by molar-refractivity contribution is 0.601. The fourth-order valence-corrected chi connectivity index (χ4v) is 1.90. The Hall–Kier alpha value is -0.470. The van der Waals surface area contributed by atoms with Crippen LogP contribution in [-0.2, 0) is 0 Å². The molecule has 0 aromatic heterocycles. The molecule has 1 aromatic carbocycles. The Morgan fingerprint density at radius 1 is 1.29 bits per heavy atom. The minimum Gasteiger partial charge on any atom is -0.309 e. The van der Waals surface area contributed by atoms with Crippen molar-refractivity contribution in [3.8, 4) is 0 Å². The molecule has 1 aromatic rings. The SMILES string of the molecule is CCSCCN[C@H](C)c1ccccc1. The molecule has 0 fully saturated rings. The van der Waals surface area contributed by atoms with E-state index in [-0.39, 0.29) is 0 Å². The third-order valence-electron chi connectivity index (χ3n) is 2.20. The summed E-state index contributed by atoms with van der Waals surface area (Å²) < 4.78 is 0. The molecule has 0 unspecified atom stereocenters. The van der Waals surface area contributed by atoms with Gasteiger partial charge in [0.15, 0.2) is 0 Å². The monoisotopic (exact) mass is 209 g/mol. The maximum atomic E-state index is 3.51. The Bertz CT molecular complexity index is 235. The molecule has 0 aliphatic rings. The lowest BCUT2D eigenvalue weighted by Gasteiger charge is -2.13. The van der Waals surface area contributed by atoms with Crippen LogP contribution in [0.15, 0.2) is 30.3 Å². The van der Waals surface area contributed by atoms with E-state index in [0.717, 1.165) is 6.54 Å². The van der Waals surface area contributed by atoms with Crippen molar-refractivity contribution in [2.45, 2.75) is 19.9 Å². The molecule has 0 saturated heterocycles. The van der Waals surface area contributed by atoms with Crippen LogP contribution in [0.2, 0.25) is 0 Å². The predicted molar refractivity (Wildman–Crippen MR) is 65.9 cm³/mol. The highest BCUT2D eigenvalue weighted by Gasteiger charge is 2.01. The van der Waals surface area contributed by atoms with Gasteiger partial charge in [0, 0.05) is 18.3 Å². The van der Waals surface area contributed by atoms with Gasteiger partial charge in [-0.05, 0) is 18.2 Å². The molecular weight excluding hydrogens is 190 g/mol. The van der Waals surface area contributed by atoms with Crippen LogP contribution in [0, 0.1) is 0 Å². The maximum Gasteiger partial charge on any atom is 0.0292 e. The quantitative estimate of drug-likeness (QED) is 0.723. The first-order valence-electron chi connectivity index (χ1n) is 5.20. The molecule has 14 heavy (non-hydrogen) atoms. The first-order chi connectivity index (χ1) is 6.84. The molecule has 1 N–H and O–H groups in total. The van der Waals surface area contributed by atoms with E-state index >= 15 is 0 Å². The zero-order chi connectivity index (χ0) is 10.2. The summed E-state index contributed by atoms with van der Waals surface area (Å²) in [7, 11) is 0. The highest BCUT2D eigenvalue weighted by Crippen LogP contribution is 2.10. The van der Waals surface area contributed by atoms with Crippen molar-refractivity contribution < 1.29 is 0 Å². The van der Waals surface area contributed by atoms with Gasteiger partial charge in [-0.25, -0.2) is 0 Å². The lowest BCUT2D eigenvalue weighted by atomic mass is 10.1. The van der Waals surface area contributed by atoms with Crippen molar-refractivity contribution in [3.63, 3.8) is 0 Å². The fourth-order valence-electron chi connectivity index (χ4n) is 1.35. The molecule has 0 aliphatic carbocycles. The van der Waals surface area contributed by atoms with E-state index in [1.54, 1.807) is 0 Å². The smallest absolute Gasteiger partial charge is 0.0292 e. The second kappa shape index (κ2) is 6.91. The van der Waals surface area contributed by atoms with Crippen molar-refractivity contribution in [3.05, 3.63) is 35.9 Å². The summed E-state index contributed by atoms with van der Waals surface area (Å²) in [5.41, 5.74) is 1.37. The second-order valence-corrected chi connectivity index (χ2v) is 4.68. The van der Waals surface area contributed by atoms with Gasteiger partial charge in [0.2, 0.25) is 0 Å². The van der Waals surface area contributed by atoms with Gasteiger partial charge >= 0.3 is 0 Å². The van der Waals surface area contributed by atoms with E-state index in [4.69, 9.17) is 0 Å². The zero-order valence-corrected chi connectivity index (χ0v) is 9.81. The molecule has 0 saturated carbocycles. The summed E-state index contributed by atoms with van der Waals surface area (Å²) >= 11 is 1.98. The Balaban J connectivity index is 2.25. The van der Waals surface area contributed by atoms with Gasteiger partial charge in [-0.1, -0.05) is 37.3 Å². The predicted octanol–water partition coefficient (Wildman–Crippen LogP) is 3.09. The maximum absolute atomic E-state index is 3.51. The van der Waals surface area contributed by atoms with E-state index in [1.807, 2.05) is 11.8 Å². The molecule has 0 bridgehead atoms. The Morgan fingerprint density at radius 2 is 2.00 bits per heavy atom. The molecule has 1 nitrogen and oxygen atoms in total. The van der Waals surface area contributed by atoms with Gasteiger partial charge in [0.1, 0.15) is 0 Å². The van der Waals surface area contributed by atoms with Crippen LogP contribution >= 0.6 is 11.8 Å². The first kappa shape index (κ1) is 11.6. The van der Waals surface area contributed by atoms with Gasteiger partial charge < -0.3 is 5.32 Å². The van der Waals surface area contributed by atoms with Crippen LogP contribution in [0.3, 0.4) is 0 Å². The van der Waals surface area contributed by atoms with Crippen molar-refractivity contribution in [2.75, 3.05) is 18.1 Å². The Morgan fingerprint density at radius 3 is 2.64 bits per heavy atom. The number of nitrogens with one attached hydrogen (secondary N) is 1. The van der Waals surface area contributed by atoms with Crippen molar-refractivity contribution in [2.24, 2.45) is 0 Å². The fraction of sp³-hybridized carbons (Fsp3) is 0.500. The van der Waals surface area contributed by atoms with E-state index < -0.39 is 0 Å². The van der Waals surface area contributed by atoms with E-state index in [9.17, 15) is 0 Å². The zero-order valence-electron chi connectivity index (χ0n) is 8.99. The molecule has 1 atom stereocenters. The normalized spacial score (nSPS) is 12.7. The van der Waals surface area contributed by atoms with E-state index in [0.29, 0.717) is 6.04 Å². The highest BCUT2D eigenvalue weighted by atomic mass is 32.2. The van der Waals surface area contributed by atoms with Crippen molar-refractivity contribution in [1.82, 2.24) is 5.32 Å². The average molecular weight is 209 g/mol. The molecule has 0 spiro atoms. The molecule has 78 valence electrons. The third-order valence-corrected chi connectivity index (χ3v) is 3.10. The molecule has 0 heterocycles. The summed E-state index contributed by atoms with van der Waals surface area (Å²) in [4.78, 5) is 0. The summed E-state index contributed by atoms with van der Waals surface area (Å²) in [6.45, 7) is 5.51. The van der Waals surface area contributed by atoms with Crippen LogP contribution in [0.4, 0.5) is 0 Å². The number of rotatable bonds is 6. The number of hydrogen-bond acceptors (Lipinski definition) is 2. The Kier molecular flexibility index (Phi) is 5.72. The topological polar surface area (TPSA) is 12.0 Å². The Labute approximate surface area is 91.3 Å². The van der Waals surface area contributed by atoms with Crippen LogP contribution in [0.25, 0.3) is 0 Å². The minimum absolute atomic E-state index is 0.466. The molecule has 0 aliphatic heterocycles. The largest absolute Gasteiger partial charge is 0.309 e. The number of thioether (sulfide) groups is 1. The molecular formula is C12H19NS. The van der Waals surface area contributed by atoms with Crippen LogP contribution in [-0.4, -0.2) is 18.1 Å². The summed E-state index contributed by atoms with van der Waals surface area (Å²) in [6, 6.07) is 11.1. The van der Waals surface area contributed by atoms with Crippen LogP contribution < -0.4 is 5.32 Å². The summed E-state index contributed by atoms with van der Waals surface area (Å²) in [5, 5.41) is 3.51. The minimum atomic E-state index is 0.466. The second-order valence-electron chi connectivity index (χ2n) is 3.28. The third kappa shape index (κ3) is 4.16. The van der Waals surface area contributed by atoms with Gasteiger partial charge in [-0.3, -0.25) is 0 Å². The van der Waals surface area contributed by atoms with Gasteiger partial charge in [0.25, 0.3) is 0 Å². The van der Waals surface area contributed by atoms with Gasteiger partial charge in [0.05, 0.1) is 0 Å². The van der Waals surface area contributed by atoms with E-state index in [2.05, 4.69) is 49.5 Å². The lowest BCUT2D eigenvalue weighted by Crippen LogP contribution is -2.21. The molecule has 2 heteroatoms. The van der Waals surface area contributed by atoms with Gasteiger partial charge in [-0.2, -0.15) is 11.8 Å². The summed E-state index contributed by atoms with van der Waals surface area (Å²) in [5.74, 6) is 2.41. The molecule has 0 radical (unpaired) electrons. The standard InChI is InChI=1S/C12H19NS/c1-3-14-10-9-13-11(2)12-7-5-4-6-8-12/h4-8,11,13H,3,9-10H2,1-2H3/t11-/m1/s1. The summed E-state index contributed by atoms with van der Waals surface area (Å²) in [6.07, 6.45) is 0. The molecule has 1 rings (SSSR count).